The largest absolute Gasteiger partial charge is 0.454 e. The molecule has 3 aromatic rings. The van der Waals surface area contributed by atoms with Gasteiger partial charge in [0, 0.05) is 49.8 Å². The average Bonchev–Trinajstić information content (AvgIpc) is 3.38. The van der Waals surface area contributed by atoms with Crippen molar-refractivity contribution in [2.24, 2.45) is 0 Å². The molecule has 0 bridgehead atoms. The quantitative estimate of drug-likeness (QED) is 0.674. The van der Waals surface area contributed by atoms with E-state index in [9.17, 15) is 0 Å². The first-order valence-electron chi connectivity index (χ1n) is 9.51. The zero-order valence-corrected chi connectivity index (χ0v) is 16.6. The number of hydrogen-bond acceptors (Lipinski definition) is 7. The van der Waals surface area contributed by atoms with Gasteiger partial charge in [-0.25, -0.2) is 0 Å². The highest BCUT2D eigenvalue weighted by Gasteiger charge is 2.21. The molecule has 2 aromatic carbocycles. The van der Waals surface area contributed by atoms with E-state index in [1.807, 2.05) is 6.07 Å². The summed E-state index contributed by atoms with van der Waals surface area (Å²) in [6.45, 7) is 7.29. The fourth-order valence-electron chi connectivity index (χ4n) is 3.56. The molecular weight excluding hydrogens is 372 g/mol. The first-order valence-corrected chi connectivity index (χ1v) is 10.3. The van der Waals surface area contributed by atoms with Crippen molar-refractivity contribution in [3.8, 4) is 22.9 Å². The Morgan fingerprint density at radius 2 is 1.75 bits per heavy atom. The van der Waals surface area contributed by atoms with Crippen molar-refractivity contribution in [3.05, 3.63) is 53.6 Å². The fraction of sp³-hybridized carbons (Fsp3) is 0.333. The van der Waals surface area contributed by atoms with E-state index in [4.69, 9.17) is 14.5 Å². The summed E-state index contributed by atoms with van der Waals surface area (Å²) in [5.41, 5.74) is 3.59. The van der Waals surface area contributed by atoms with Gasteiger partial charge in [-0.3, -0.25) is 4.90 Å². The van der Waals surface area contributed by atoms with Crippen LogP contribution in [0.4, 0.5) is 5.13 Å². The molecule has 0 saturated carbocycles. The van der Waals surface area contributed by atoms with E-state index >= 15 is 0 Å². The molecule has 0 amide bonds. The molecule has 0 spiro atoms. The summed E-state index contributed by atoms with van der Waals surface area (Å²) in [4.78, 5) is 9.57. The number of benzene rings is 2. The van der Waals surface area contributed by atoms with Crippen molar-refractivity contribution in [3.63, 3.8) is 0 Å². The molecule has 7 heteroatoms. The van der Waals surface area contributed by atoms with E-state index in [2.05, 4.69) is 57.5 Å². The maximum atomic E-state index is 5.49. The highest BCUT2D eigenvalue weighted by Crippen LogP contribution is 2.33. The topological polar surface area (TPSA) is 50.7 Å². The lowest BCUT2D eigenvalue weighted by atomic mass is 10.1. The Hall–Kier alpha value is -2.64. The Balaban J connectivity index is 1.20. The predicted molar refractivity (Wildman–Crippen MR) is 110 cm³/mol. The minimum absolute atomic E-state index is 0.323. The molecule has 0 atom stereocenters. The molecule has 2 aliphatic rings. The highest BCUT2D eigenvalue weighted by molar-refractivity contribution is 7.09. The molecule has 3 heterocycles. The molecule has 0 unspecified atom stereocenters. The first kappa shape index (κ1) is 17.5. The van der Waals surface area contributed by atoms with E-state index in [1.165, 1.54) is 22.7 Å². The number of aromatic nitrogens is 2. The SMILES string of the molecule is Cc1ccc(-c2nsc(N3CCN(Cc4ccc5c(c4)OCO5)CC3)n2)cc1. The minimum atomic E-state index is 0.323. The van der Waals surface area contributed by atoms with Crippen LogP contribution in [0.25, 0.3) is 11.4 Å². The maximum absolute atomic E-state index is 5.49. The van der Waals surface area contributed by atoms with Crippen LogP contribution in [0.5, 0.6) is 11.5 Å². The lowest BCUT2D eigenvalue weighted by Crippen LogP contribution is -2.45. The van der Waals surface area contributed by atoms with Gasteiger partial charge in [0.2, 0.25) is 11.9 Å². The van der Waals surface area contributed by atoms with Crippen molar-refractivity contribution < 1.29 is 9.47 Å². The van der Waals surface area contributed by atoms with Crippen LogP contribution in [0.3, 0.4) is 0 Å². The van der Waals surface area contributed by atoms with E-state index in [-0.39, 0.29) is 0 Å². The monoisotopic (exact) mass is 394 g/mol. The molecule has 1 fully saturated rings. The third-order valence-electron chi connectivity index (χ3n) is 5.21. The molecular formula is C21H22N4O2S. The van der Waals surface area contributed by atoms with Crippen LogP contribution in [-0.4, -0.2) is 47.2 Å². The van der Waals surface area contributed by atoms with Crippen molar-refractivity contribution in [2.45, 2.75) is 13.5 Å². The summed E-state index contributed by atoms with van der Waals surface area (Å²) < 4.78 is 15.4. The van der Waals surface area contributed by atoms with Gasteiger partial charge in [-0.15, -0.1) is 0 Å². The Labute approximate surface area is 168 Å². The number of piperazine rings is 1. The van der Waals surface area contributed by atoms with Crippen LogP contribution >= 0.6 is 11.5 Å². The number of anilines is 1. The molecule has 0 radical (unpaired) electrons. The third kappa shape index (κ3) is 3.55. The maximum Gasteiger partial charge on any atom is 0.231 e. The molecule has 5 rings (SSSR count). The van der Waals surface area contributed by atoms with Gasteiger partial charge >= 0.3 is 0 Å². The molecule has 1 aromatic heterocycles. The molecule has 6 nitrogen and oxygen atoms in total. The fourth-order valence-corrected chi connectivity index (χ4v) is 4.30. The molecule has 28 heavy (non-hydrogen) atoms. The van der Waals surface area contributed by atoms with Crippen LogP contribution in [0, 0.1) is 6.92 Å². The number of fused-ring (bicyclic) bond motifs is 1. The standard InChI is InChI=1S/C21H22N4O2S/c1-15-2-5-17(6-3-15)20-22-21(28-23-20)25-10-8-24(9-11-25)13-16-4-7-18-19(12-16)27-14-26-18/h2-7,12H,8-11,13-14H2,1H3. The van der Waals surface area contributed by atoms with Gasteiger partial charge in [0.25, 0.3) is 0 Å². The van der Waals surface area contributed by atoms with Crippen LogP contribution in [0.15, 0.2) is 42.5 Å². The summed E-state index contributed by atoms with van der Waals surface area (Å²) in [7, 11) is 0. The Kier molecular flexibility index (Phi) is 4.62. The number of rotatable bonds is 4. The Morgan fingerprint density at radius 1 is 0.964 bits per heavy atom. The van der Waals surface area contributed by atoms with E-state index in [0.717, 1.165) is 60.7 Å². The second kappa shape index (κ2) is 7.41. The van der Waals surface area contributed by atoms with Crippen LogP contribution in [0.1, 0.15) is 11.1 Å². The molecule has 144 valence electrons. The lowest BCUT2D eigenvalue weighted by Gasteiger charge is -2.34. The van der Waals surface area contributed by atoms with E-state index in [0.29, 0.717) is 6.79 Å². The smallest absolute Gasteiger partial charge is 0.231 e. The van der Waals surface area contributed by atoms with Gasteiger partial charge in [0.1, 0.15) is 0 Å². The lowest BCUT2D eigenvalue weighted by molar-refractivity contribution is 0.174. The van der Waals surface area contributed by atoms with Crippen LogP contribution in [-0.2, 0) is 6.54 Å². The summed E-state index contributed by atoms with van der Waals surface area (Å²) in [5, 5.41) is 1.01. The van der Waals surface area contributed by atoms with E-state index < -0.39 is 0 Å². The number of aryl methyl sites for hydroxylation is 1. The average molecular weight is 395 g/mol. The second-order valence-electron chi connectivity index (χ2n) is 7.22. The molecule has 0 N–H and O–H groups in total. The van der Waals surface area contributed by atoms with Gasteiger partial charge < -0.3 is 14.4 Å². The van der Waals surface area contributed by atoms with Crippen LogP contribution in [0.2, 0.25) is 0 Å². The Bertz CT molecular complexity index is 965. The zero-order chi connectivity index (χ0) is 18.9. The summed E-state index contributed by atoms with van der Waals surface area (Å²) in [6.07, 6.45) is 0. The van der Waals surface area contributed by atoms with Crippen molar-refractivity contribution in [1.29, 1.82) is 0 Å². The third-order valence-corrected chi connectivity index (χ3v) is 5.99. The van der Waals surface area contributed by atoms with Crippen molar-refractivity contribution >= 4 is 16.7 Å². The van der Waals surface area contributed by atoms with Crippen LogP contribution < -0.4 is 14.4 Å². The van der Waals surface area contributed by atoms with Crippen molar-refractivity contribution in [2.75, 3.05) is 37.9 Å². The van der Waals surface area contributed by atoms with Gasteiger partial charge in [-0.2, -0.15) is 9.36 Å². The zero-order valence-electron chi connectivity index (χ0n) is 15.8. The van der Waals surface area contributed by atoms with Gasteiger partial charge in [-0.05, 0) is 24.6 Å². The highest BCUT2D eigenvalue weighted by atomic mass is 32.1. The first-order chi connectivity index (χ1) is 13.7. The number of nitrogens with zero attached hydrogens (tertiary/aromatic N) is 4. The molecule has 2 aliphatic heterocycles. The summed E-state index contributed by atoms with van der Waals surface area (Å²) in [5.74, 6) is 2.52. The minimum Gasteiger partial charge on any atom is -0.454 e. The van der Waals surface area contributed by atoms with Gasteiger partial charge in [0.05, 0.1) is 0 Å². The Morgan fingerprint density at radius 3 is 2.57 bits per heavy atom. The predicted octanol–water partition coefficient (Wildman–Crippen LogP) is 3.56. The van der Waals surface area contributed by atoms with Gasteiger partial charge in [-0.1, -0.05) is 35.9 Å². The normalized spacial score (nSPS) is 16.5. The van der Waals surface area contributed by atoms with Crippen molar-refractivity contribution in [1.82, 2.24) is 14.3 Å². The second-order valence-corrected chi connectivity index (χ2v) is 7.95. The number of ether oxygens (including phenoxy) is 2. The van der Waals surface area contributed by atoms with Gasteiger partial charge in [0.15, 0.2) is 17.3 Å². The number of hydrogen-bond donors (Lipinski definition) is 0. The summed E-state index contributed by atoms with van der Waals surface area (Å²) >= 11 is 1.49. The van der Waals surface area contributed by atoms with E-state index in [1.54, 1.807) is 0 Å². The summed E-state index contributed by atoms with van der Waals surface area (Å²) in [6, 6.07) is 14.6. The molecule has 0 aliphatic carbocycles. The molecule has 1 saturated heterocycles.